The van der Waals surface area contributed by atoms with Crippen LogP contribution in [-0.2, 0) is 4.79 Å². The zero-order valence-corrected chi connectivity index (χ0v) is 16.1. The molecule has 0 radical (unpaired) electrons. The van der Waals surface area contributed by atoms with E-state index >= 15 is 0 Å². The van der Waals surface area contributed by atoms with E-state index in [9.17, 15) is 18.4 Å². The van der Waals surface area contributed by atoms with Crippen LogP contribution in [0.25, 0.3) is 10.8 Å². The summed E-state index contributed by atoms with van der Waals surface area (Å²) in [6.07, 6.45) is 0. The van der Waals surface area contributed by atoms with Crippen molar-refractivity contribution >= 4 is 28.4 Å². The Bertz CT molecular complexity index is 1050. The maximum atomic E-state index is 13.9. The maximum Gasteiger partial charge on any atom is 0.318 e. The van der Waals surface area contributed by atoms with Crippen molar-refractivity contribution in [3.8, 4) is 0 Å². The summed E-state index contributed by atoms with van der Waals surface area (Å²) in [6, 6.07) is 15.2. The van der Waals surface area contributed by atoms with Crippen LogP contribution in [0.3, 0.4) is 0 Å². The van der Waals surface area contributed by atoms with E-state index in [1.54, 1.807) is 13.0 Å². The number of rotatable bonds is 5. The van der Waals surface area contributed by atoms with Gasteiger partial charge in [0.2, 0.25) is 5.91 Å². The predicted octanol–water partition coefficient (Wildman–Crippen LogP) is 4.46. The molecule has 0 aliphatic heterocycles. The van der Waals surface area contributed by atoms with E-state index in [1.165, 1.54) is 18.0 Å². The zero-order chi connectivity index (χ0) is 21.0. The largest absolute Gasteiger partial charge is 0.331 e. The molecule has 0 aliphatic rings. The molecule has 3 amide bonds. The molecule has 150 valence electrons. The van der Waals surface area contributed by atoms with Gasteiger partial charge in [-0.05, 0) is 24.4 Å². The normalized spacial score (nSPS) is 11.7. The zero-order valence-electron chi connectivity index (χ0n) is 16.1. The molecule has 0 bridgehead atoms. The van der Waals surface area contributed by atoms with Gasteiger partial charge in [-0.1, -0.05) is 42.5 Å². The standard InChI is InChI=1S/C22H21F2N3O2/c1-14(17-11-10-16(23)12-19(17)24)25-22(29)27(2)13-21(28)26-20-9-5-7-15-6-3-4-8-18(15)20/h3-12,14H,13H2,1-2H3,(H,25,29)(H,26,28)/t14-/m1/s1. The van der Waals surface area contributed by atoms with Gasteiger partial charge in [-0.3, -0.25) is 4.79 Å². The van der Waals surface area contributed by atoms with Gasteiger partial charge >= 0.3 is 6.03 Å². The van der Waals surface area contributed by atoms with Crippen LogP contribution in [0.4, 0.5) is 19.3 Å². The smallest absolute Gasteiger partial charge is 0.318 e. The summed E-state index contributed by atoms with van der Waals surface area (Å²) in [4.78, 5) is 25.9. The Balaban J connectivity index is 1.60. The number of likely N-dealkylation sites (N-methyl/N-ethyl adjacent to an activating group) is 1. The Morgan fingerprint density at radius 3 is 2.52 bits per heavy atom. The van der Waals surface area contributed by atoms with Gasteiger partial charge in [0, 0.05) is 29.8 Å². The number of hydrogen-bond acceptors (Lipinski definition) is 2. The van der Waals surface area contributed by atoms with Gasteiger partial charge in [0.25, 0.3) is 0 Å². The number of benzene rings is 3. The molecule has 0 aliphatic carbocycles. The first-order chi connectivity index (χ1) is 13.8. The molecule has 3 aromatic rings. The molecular weight excluding hydrogens is 376 g/mol. The number of nitrogens with zero attached hydrogens (tertiary/aromatic N) is 1. The molecule has 5 nitrogen and oxygen atoms in total. The van der Waals surface area contributed by atoms with E-state index in [1.807, 2.05) is 36.4 Å². The van der Waals surface area contributed by atoms with E-state index in [-0.39, 0.29) is 18.0 Å². The van der Waals surface area contributed by atoms with E-state index in [4.69, 9.17) is 0 Å². The molecule has 0 aromatic heterocycles. The molecule has 7 heteroatoms. The molecule has 0 unspecified atom stereocenters. The lowest BCUT2D eigenvalue weighted by molar-refractivity contribution is -0.116. The number of anilines is 1. The molecule has 0 heterocycles. The van der Waals surface area contributed by atoms with Gasteiger partial charge in [0.05, 0.1) is 6.04 Å². The highest BCUT2D eigenvalue weighted by atomic mass is 19.1. The molecule has 0 saturated heterocycles. The minimum absolute atomic E-state index is 0.161. The van der Waals surface area contributed by atoms with Crippen LogP contribution in [0.2, 0.25) is 0 Å². The third-order valence-electron chi connectivity index (χ3n) is 4.56. The van der Waals surface area contributed by atoms with Crippen molar-refractivity contribution in [3.63, 3.8) is 0 Å². The summed E-state index contributed by atoms with van der Waals surface area (Å²) < 4.78 is 26.9. The van der Waals surface area contributed by atoms with Crippen LogP contribution in [0.5, 0.6) is 0 Å². The predicted molar refractivity (Wildman–Crippen MR) is 109 cm³/mol. The highest BCUT2D eigenvalue weighted by molar-refractivity contribution is 6.03. The first-order valence-electron chi connectivity index (χ1n) is 9.09. The molecule has 0 spiro atoms. The van der Waals surface area contributed by atoms with Crippen molar-refractivity contribution in [3.05, 3.63) is 77.9 Å². The summed E-state index contributed by atoms with van der Waals surface area (Å²) in [5.41, 5.74) is 0.817. The SMILES string of the molecule is C[C@@H](NC(=O)N(C)CC(=O)Nc1cccc2ccccc12)c1ccc(F)cc1F. The topological polar surface area (TPSA) is 61.4 Å². The third-order valence-corrected chi connectivity index (χ3v) is 4.56. The summed E-state index contributed by atoms with van der Waals surface area (Å²) in [5, 5.41) is 7.30. The number of carbonyl (C=O) groups is 2. The van der Waals surface area contributed by atoms with Crippen LogP contribution in [0.15, 0.2) is 60.7 Å². The summed E-state index contributed by atoms with van der Waals surface area (Å²) in [7, 11) is 1.46. The van der Waals surface area contributed by atoms with E-state index in [0.717, 1.165) is 22.9 Å². The summed E-state index contributed by atoms with van der Waals surface area (Å²) >= 11 is 0. The van der Waals surface area contributed by atoms with Crippen LogP contribution in [0.1, 0.15) is 18.5 Å². The maximum absolute atomic E-state index is 13.9. The Morgan fingerprint density at radius 1 is 1.03 bits per heavy atom. The molecule has 0 fully saturated rings. The van der Waals surface area contributed by atoms with Gasteiger partial charge in [0.1, 0.15) is 18.2 Å². The number of urea groups is 1. The van der Waals surface area contributed by atoms with Gasteiger partial charge < -0.3 is 15.5 Å². The van der Waals surface area contributed by atoms with Crippen molar-refractivity contribution in [2.24, 2.45) is 0 Å². The number of amides is 3. The van der Waals surface area contributed by atoms with Crippen molar-refractivity contribution in [1.82, 2.24) is 10.2 Å². The van der Waals surface area contributed by atoms with Gasteiger partial charge in [-0.15, -0.1) is 0 Å². The highest BCUT2D eigenvalue weighted by Gasteiger charge is 2.18. The second kappa shape index (κ2) is 8.68. The number of halogens is 2. The lowest BCUT2D eigenvalue weighted by Gasteiger charge is -2.21. The van der Waals surface area contributed by atoms with E-state index in [2.05, 4.69) is 10.6 Å². The fourth-order valence-electron chi connectivity index (χ4n) is 3.04. The third kappa shape index (κ3) is 4.87. The highest BCUT2D eigenvalue weighted by Crippen LogP contribution is 2.23. The van der Waals surface area contributed by atoms with Crippen LogP contribution >= 0.6 is 0 Å². The Labute approximate surface area is 167 Å². The molecule has 2 N–H and O–H groups in total. The fraction of sp³-hybridized carbons (Fsp3) is 0.182. The quantitative estimate of drug-likeness (QED) is 0.668. The average Bonchev–Trinajstić information content (AvgIpc) is 2.68. The summed E-state index contributed by atoms with van der Waals surface area (Å²) in [6.45, 7) is 1.39. The lowest BCUT2D eigenvalue weighted by atomic mass is 10.1. The molecule has 1 atom stereocenters. The van der Waals surface area contributed by atoms with Crippen molar-refractivity contribution < 1.29 is 18.4 Å². The summed E-state index contributed by atoms with van der Waals surface area (Å²) in [5.74, 6) is -1.79. The fourth-order valence-corrected chi connectivity index (χ4v) is 3.04. The molecule has 0 saturated carbocycles. The Kier molecular flexibility index (Phi) is 6.07. The molecular formula is C22H21F2N3O2. The van der Waals surface area contributed by atoms with Crippen LogP contribution in [-0.4, -0.2) is 30.4 Å². The van der Waals surface area contributed by atoms with Crippen molar-refractivity contribution in [2.75, 3.05) is 18.9 Å². The molecule has 3 rings (SSSR count). The minimum Gasteiger partial charge on any atom is -0.331 e. The molecule has 29 heavy (non-hydrogen) atoms. The van der Waals surface area contributed by atoms with Gasteiger partial charge in [-0.2, -0.15) is 0 Å². The number of hydrogen-bond donors (Lipinski definition) is 2. The van der Waals surface area contributed by atoms with Crippen LogP contribution < -0.4 is 10.6 Å². The second-order valence-electron chi connectivity index (χ2n) is 6.77. The lowest BCUT2D eigenvalue weighted by Crippen LogP contribution is -2.42. The van der Waals surface area contributed by atoms with Gasteiger partial charge in [-0.25, -0.2) is 13.6 Å². The number of nitrogens with one attached hydrogen (secondary N) is 2. The van der Waals surface area contributed by atoms with Gasteiger partial charge in [0.15, 0.2) is 0 Å². The van der Waals surface area contributed by atoms with E-state index < -0.39 is 23.7 Å². The van der Waals surface area contributed by atoms with Crippen molar-refractivity contribution in [1.29, 1.82) is 0 Å². The minimum atomic E-state index is -0.742. The van der Waals surface area contributed by atoms with Crippen LogP contribution in [0, 0.1) is 11.6 Å². The average molecular weight is 397 g/mol. The Morgan fingerprint density at radius 2 is 1.76 bits per heavy atom. The van der Waals surface area contributed by atoms with E-state index in [0.29, 0.717) is 5.69 Å². The number of carbonyl (C=O) groups excluding carboxylic acids is 2. The Hall–Kier alpha value is -3.48. The first kappa shape index (κ1) is 20.3. The second-order valence-corrected chi connectivity index (χ2v) is 6.77. The monoisotopic (exact) mass is 397 g/mol. The van der Waals surface area contributed by atoms with Crippen molar-refractivity contribution in [2.45, 2.75) is 13.0 Å². The first-order valence-corrected chi connectivity index (χ1v) is 9.09. The molecule has 3 aromatic carbocycles. The number of fused-ring (bicyclic) bond motifs is 1.